The van der Waals surface area contributed by atoms with Crippen molar-refractivity contribution in [2.45, 2.75) is 25.3 Å². The Morgan fingerprint density at radius 3 is 2.65 bits per heavy atom. The summed E-state index contributed by atoms with van der Waals surface area (Å²) in [5.41, 5.74) is 2.66. The van der Waals surface area contributed by atoms with Gasteiger partial charge in [-0.05, 0) is 49.2 Å². The molecular formula is C18H19N3O4S. The van der Waals surface area contributed by atoms with E-state index in [1.54, 1.807) is 31.4 Å². The smallest absolute Gasteiger partial charge is 0.242 e. The number of rotatable bonds is 6. The van der Waals surface area contributed by atoms with Gasteiger partial charge in [0.15, 0.2) is 0 Å². The molecule has 0 radical (unpaired) electrons. The monoisotopic (exact) mass is 373 g/mol. The van der Waals surface area contributed by atoms with Crippen molar-refractivity contribution in [3.05, 3.63) is 59.5 Å². The molecule has 136 valence electrons. The quantitative estimate of drug-likeness (QED) is 0.714. The summed E-state index contributed by atoms with van der Waals surface area (Å²) < 4.78 is 37.6. The first-order valence-corrected chi connectivity index (χ1v) is 9.41. The van der Waals surface area contributed by atoms with Crippen molar-refractivity contribution in [3.8, 4) is 17.1 Å². The summed E-state index contributed by atoms with van der Waals surface area (Å²) in [5, 5.41) is 3.88. The van der Waals surface area contributed by atoms with Gasteiger partial charge in [-0.25, -0.2) is 13.1 Å². The fourth-order valence-corrected chi connectivity index (χ4v) is 3.39. The van der Waals surface area contributed by atoms with Crippen LogP contribution in [0, 0.1) is 13.8 Å². The van der Waals surface area contributed by atoms with Gasteiger partial charge in [0, 0.05) is 5.56 Å². The van der Waals surface area contributed by atoms with Gasteiger partial charge in [-0.1, -0.05) is 23.4 Å². The van der Waals surface area contributed by atoms with E-state index in [4.69, 9.17) is 9.26 Å². The number of nitrogens with one attached hydrogen (secondary N) is 1. The molecule has 1 aromatic heterocycles. The predicted octanol–water partition coefficient (Wildman–Crippen LogP) is 2.84. The van der Waals surface area contributed by atoms with E-state index in [1.165, 1.54) is 0 Å². The Hall–Kier alpha value is -2.71. The van der Waals surface area contributed by atoms with E-state index < -0.39 is 10.0 Å². The maximum atomic E-state index is 12.4. The number of sulfonamides is 1. The summed E-state index contributed by atoms with van der Waals surface area (Å²) >= 11 is 0. The summed E-state index contributed by atoms with van der Waals surface area (Å²) in [5.74, 6) is 1.21. The first-order chi connectivity index (χ1) is 12.4. The summed E-state index contributed by atoms with van der Waals surface area (Å²) in [6.45, 7) is 3.71. The fraction of sp³-hybridized carbons (Fsp3) is 0.222. The highest BCUT2D eigenvalue weighted by atomic mass is 32.2. The summed E-state index contributed by atoms with van der Waals surface area (Å²) in [4.78, 5) is 4.43. The van der Waals surface area contributed by atoms with Crippen molar-refractivity contribution in [2.75, 3.05) is 7.11 Å². The maximum Gasteiger partial charge on any atom is 0.242 e. The lowest BCUT2D eigenvalue weighted by molar-refractivity contribution is 0.376. The largest absolute Gasteiger partial charge is 0.497 e. The molecule has 0 saturated heterocycles. The Bertz CT molecular complexity index is 1030. The van der Waals surface area contributed by atoms with E-state index in [2.05, 4.69) is 14.9 Å². The van der Waals surface area contributed by atoms with Crippen LogP contribution in [0.1, 0.15) is 17.0 Å². The average molecular weight is 373 g/mol. The van der Waals surface area contributed by atoms with Crippen LogP contribution in [0.5, 0.6) is 5.75 Å². The lowest BCUT2D eigenvalue weighted by Gasteiger charge is -2.07. The first-order valence-electron chi connectivity index (χ1n) is 7.93. The molecule has 0 amide bonds. The van der Waals surface area contributed by atoms with Crippen molar-refractivity contribution in [1.29, 1.82) is 0 Å². The molecular weight excluding hydrogens is 354 g/mol. The Labute approximate surface area is 152 Å². The van der Waals surface area contributed by atoms with E-state index in [0.717, 1.165) is 16.7 Å². The highest BCUT2D eigenvalue weighted by Crippen LogP contribution is 2.21. The summed E-state index contributed by atoms with van der Waals surface area (Å²) in [6, 6.07) is 12.2. The Kier molecular flexibility index (Phi) is 5.06. The normalized spacial score (nSPS) is 11.5. The van der Waals surface area contributed by atoms with Crippen molar-refractivity contribution in [1.82, 2.24) is 14.9 Å². The third-order valence-electron chi connectivity index (χ3n) is 4.00. The molecule has 0 fully saturated rings. The van der Waals surface area contributed by atoms with Crippen molar-refractivity contribution >= 4 is 10.0 Å². The number of aromatic nitrogens is 2. The second-order valence-corrected chi connectivity index (χ2v) is 7.58. The molecule has 1 heterocycles. The molecule has 0 aliphatic heterocycles. The first kappa shape index (κ1) is 18.1. The van der Waals surface area contributed by atoms with Crippen LogP contribution in [0.2, 0.25) is 0 Å². The SMILES string of the molecule is COc1cccc(-c2noc(CNS(=O)(=O)c3ccc(C)c(C)c3)n2)c1. The van der Waals surface area contributed by atoms with Crippen LogP contribution < -0.4 is 9.46 Å². The summed E-state index contributed by atoms with van der Waals surface area (Å²) in [7, 11) is -2.09. The Morgan fingerprint density at radius 2 is 1.92 bits per heavy atom. The summed E-state index contributed by atoms with van der Waals surface area (Å²) in [6.07, 6.45) is 0. The van der Waals surface area contributed by atoms with Gasteiger partial charge in [0.2, 0.25) is 21.7 Å². The zero-order valence-corrected chi connectivity index (χ0v) is 15.5. The number of hydrogen-bond donors (Lipinski definition) is 1. The standard InChI is InChI=1S/C18H19N3O4S/c1-12-7-8-16(9-13(12)2)26(22,23)19-11-17-20-18(21-25-17)14-5-4-6-15(10-14)24-3/h4-10,19H,11H2,1-3H3. The van der Waals surface area contributed by atoms with Crippen LogP contribution in [0.25, 0.3) is 11.4 Å². The van der Waals surface area contributed by atoms with Gasteiger partial charge < -0.3 is 9.26 Å². The van der Waals surface area contributed by atoms with Gasteiger partial charge in [0.25, 0.3) is 0 Å². The van der Waals surface area contributed by atoms with Crippen LogP contribution >= 0.6 is 0 Å². The van der Waals surface area contributed by atoms with Crippen molar-refractivity contribution in [3.63, 3.8) is 0 Å². The van der Waals surface area contributed by atoms with Gasteiger partial charge in [-0.2, -0.15) is 4.98 Å². The van der Waals surface area contributed by atoms with Crippen LogP contribution in [-0.4, -0.2) is 25.7 Å². The molecule has 8 heteroatoms. The topological polar surface area (TPSA) is 94.3 Å². The number of methoxy groups -OCH3 is 1. The average Bonchev–Trinajstić information content (AvgIpc) is 3.11. The molecule has 2 aromatic carbocycles. The third kappa shape index (κ3) is 3.92. The molecule has 1 N–H and O–H groups in total. The zero-order valence-electron chi connectivity index (χ0n) is 14.7. The third-order valence-corrected chi connectivity index (χ3v) is 5.40. The molecule has 26 heavy (non-hydrogen) atoms. The minimum absolute atomic E-state index is 0.0910. The van der Waals surface area contributed by atoms with Gasteiger partial charge >= 0.3 is 0 Å². The van der Waals surface area contributed by atoms with E-state index in [9.17, 15) is 8.42 Å². The maximum absolute atomic E-state index is 12.4. The van der Waals surface area contributed by atoms with Crippen LogP contribution in [-0.2, 0) is 16.6 Å². The zero-order chi connectivity index (χ0) is 18.7. The molecule has 3 rings (SSSR count). The van der Waals surface area contributed by atoms with Crippen molar-refractivity contribution in [2.24, 2.45) is 0 Å². The highest BCUT2D eigenvalue weighted by Gasteiger charge is 2.17. The molecule has 0 saturated carbocycles. The van der Waals surface area contributed by atoms with Gasteiger partial charge in [-0.15, -0.1) is 0 Å². The molecule has 0 unspecified atom stereocenters. The molecule has 0 aliphatic carbocycles. The molecule has 7 nitrogen and oxygen atoms in total. The van der Waals surface area contributed by atoms with Crippen LogP contribution in [0.15, 0.2) is 51.9 Å². The molecule has 3 aromatic rings. The fourth-order valence-electron chi connectivity index (χ4n) is 2.33. The van der Waals surface area contributed by atoms with Gasteiger partial charge in [0.1, 0.15) is 5.75 Å². The van der Waals surface area contributed by atoms with Gasteiger partial charge in [-0.3, -0.25) is 0 Å². The minimum atomic E-state index is -3.66. The van der Waals surface area contributed by atoms with Gasteiger partial charge in [0.05, 0.1) is 18.6 Å². The van der Waals surface area contributed by atoms with E-state index in [1.807, 2.05) is 32.0 Å². The number of aryl methyl sites for hydroxylation is 2. The van der Waals surface area contributed by atoms with Crippen LogP contribution in [0.3, 0.4) is 0 Å². The van der Waals surface area contributed by atoms with E-state index in [0.29, 0.717) is 11.6 Å². The molecule has 0 aliphatic rings. The van der Waals surface area contributed by atoms with Crippen molar-refractivity contribution < 1.29 is 17.7 Å². The van der Waals surface area contributed by atoms with Crippen LogP contribution in [0.4, 0.5) is 0 Å². The highest BCUT2D eigenvalue weighted by molar-refractivity contribution is 7.89. The number of nitrogens with zero attached hydrogens (tertiary/aromatic N) is 2. The molecule has 0 atom stereocenters. The second kappa shape index (κ2) is 7.27. The number of benzene rings is 2. The minimum Gasteiger partial charge on any atom is -0.497 e. The Balaban J connectivity index is 1.74. The van der Waals surface area contributed by atoms with E-state index in [-0.39, 0.29) is 17.3 Å². The Morgan fingerprint density at radius 1 is 1.12 bits per heavy atom. The number of hydrogen-bond acceptors (Lipinski definition) is 6. The predicted molar refractivity (Wildman–Crippen MR) is 96.2 cm³/mol. The number of ether oxygens (including phenoxy) is 1. The lowest BCUT2D eigenvalue weighted by atomic mass is 10.1. The molecule has 0 bridgehead atoms. The molecule has 0 spiro atoms. The lowest BCUT2D eigenvalue weighted by Crippen LogP contribution is -2.23. The van der Waals surface area contributed by atoms with E-state index >= 15 is 0 Å². The second-order valence-electron chi connectivity index (χ2n) is 5.81.